The van der Waals surface area contributed by atoms with Gasteiger partial charge in [-0.3, -0.25) is 4.90 Å². The Balaban J connectivity index is 1.69. The minimum atomic E-state index is 0.330. The van der Waals surface area contributed by atoms with E-state index in [1.165, 1.54) is 48.1 Å². The van der Waals surface area contributed by atoms with E-state index in [1.807, 2.05) is 0 Å². The van der Waals surface area contributed by atoms with Gasteiger partial charge in [0.15, 0.2) is 0 Å². The van der Waals surface area contributed by atoms with Crippen LogP contribution in [0.4, 0.5) is 0 Å². The molecule has 0 bridgehead atoms. The number of nitrogens with one attached hydrogen (secondary N) is 1. The minimum Gasteiger partial charge on any atom is -0.496 e. The van der Waals surface area contributed by atoms with Crippen molar-refractivity contribution in [2.24, 2.45) is 0 Å². The standard InChI is InChI=1S/C30H38N2O/c1-4-19-32-20-11-16-27(31-22-26-21-23(2)17-18-28(26)33-3)30(32)29(24-12-7-5-8-13-24)25-14-9-6-10-15-25/h5-10,12-15,17-18,21,27,29-31H,4,11,16,19-20,22H2,1-3H3/t27-,30+/m0/s1. The van der Waals surface area contributed by atoms with Gasteiger partial charge in [0.05, 0.1) is 7.11 Å². The van der Waals surface area contributed by atoms with E-state index in [-0.39, 0.29) is 0 Å². The topological polar surface area (TPSA) is 24.5 Å². The van der Waals surface area contributed by atoms with E-state index >= 15 is 0 Å². The Bertz CT molecular complexity index is 947. The van der Waals surface area contributed by atoms with Crippen molar-refractivity contribution in [2.45, 2.75) is 57.7 Å². The smallest absolute Gasteiger partial charge is 0.123 e. The van der Waals surface area contributed by atoms with Gasteiger partial charge in [-0.25, -0.2) is 0 Å². The number of ether oxygens (including phenoxy) is 1. The van der Waals surface area contributed by atoms with Crippen LogP contribution >= 0.6 is 0 Å². The molecule has 1 N–H and O–H groups in total. The fraction of sp³-hybridized carbons (Fsp3) is 0.400. The number of benzene rings is 3. The Morgan fingerprint density at radius 2 is 1.64 bits per heavy atom. The molecule has 0 unspecified atom stereocenters. The van der Waals surface area contributed by atoms with Gasteiger partial charge in [0.25, 0.3) is 0 Å². The molecular weight excluding hydrogens is 404 g/mol. The summed E-state index contributed by atoms with van der Waals surface area (Å²) in [7, 11) is 1.77. The lowest BCUT2D eigenvalue weighted by Crippen LogP contribution is -2.56. The molecule has 1 saturated heterocycles. The fourth-order valence-corrected chi connectivity index (χ4v) is 5.50. The monoisotopic (exact) mass is 442 g/mol. The average molecular weight is 443 g/mol. The van der Waals surface area contributed by atoms with E-state index in [1.54, 1.807) is 7.11 Å². The average Bonchev–Trinajstić information content (AvgIpc) is 2.86. The Morgan fingerprint density at radius 3 is 2.24 bits per heavy atom. The van der Waals surface area contributed by atoms with E-state index < -0.39 is 0 Å². The third-order valence-electron chi connectivity index (χ3n) is 6.95. The van der Waals surface area contributed by atoms with Gasteiger partial charge in [-0.05, 0) is 56.5 Å². The third kappa shape index (κ3) is 5.66. The second-order valence-corrected chi connectivity index (χ2v) is 9.27. The number of rotatable bonds is 9. The van der Waals surface area contributed by atoms with Crippen molar-refractivity contribution < 1.29 is 4.74 Å². The van der Waals surface area contributed by atoms with Crippen molar-refractivity contribution in [2.75, 3.05) is 20.2 Å². The summed E-state index contributed by atoms with van der Waals surface area (Å²) in [6.07, 6.45) is 3.59. The van der Waals surface area contributed by atoms with Crippen molar-refractivity contribution in [1.82, 2.24) is 10.2 Å². The van der Waals surface area contributed by atoms with E-state index in [4.69, 9.17) is 4.74 Å². The molecule has 3 nitrogen and oxygen atoms in total. The van der Waals surface area contributed by atoms with Crippen LogP contribution in [0.2, 0.25) is 0 Å². The van der Waals surface area contributed by atoms with Crippen LogP contribution in [-0.2, 0) is 6.54 Å². The fourth-order valence-electron chi connectivity index (χ4n) is 5.50. The maximum atomic E-state index is 5.66. The van der Waals surface area contributed by atoms with Crippen LogP contribution in [0.3, 0.4) is 0 Å². The predicted octanol–water partition coefficient (Wildman–Crippen LogP) is 6.17. The van der Waals surface area contributed by atoms with Crippen LogP contribution in [0.15, 0.2) is 78.9 Å². The summed E-state index contributed by atoms with van der Waals surface area (Å²) in [5, 5.41) is 3.98. The van der Waals surface area contributed by atoms with E-state index in [0.29, 0.717) is 18.0 Å². The second-order valence-electron chi connectivity index (χ2n) is 9.27. The highest BCUT2D eigenvalue weighted by Gasteiger charge is 2.38. The normalized spacial score (nSPS) is 19.0. The summed E-state index contributed by atoms with van der Waals surface area (Å²) < 4.78 is 5.66. The van der Waals surface area contributed by atoms with Gasteiger partial charge >= 0.3 is 0 Å². The third-order valence-corrected chi connectivity index (χ3v) is 6.95. The lowest BCUT2D eigenvalue weighted by atomic mass is 9.78. The molecular formula is C30H38N2O. The molecule has 0 aromatic heterocycles. The van der Waals surface area contributed by atoms with Gasteiger partial charge in [0.2, 0.25) is 0 Å². The van der Waals surface area contributed by atoms with Crippen molar-refractivity contribution in [3.63, 3.8) is 0 Å². The van der Waals surface area contributed by atoms with E-state index in [0.717, 1.165) is 18.8 Å². The zero-order valence-electron chi connectivity index (χ0n) is 20.3. The Labute approximate surface area is 199 Å². The zero-order chi connectivity index (χ0) is 23.0. The molecule has 0 aliphatic carbocycles. The van der Waals surface area contributed by atoms with E-state index in [2.05, 4.69) is 103 Å². The highest BCUT2D eigenvalue weighted by Crippen LogP contribution is 2.36. The first-order valence-corrected chi connectivity index (χ1v) is 12.4. The molecule has 0 saturated carbocycles. The van der Waals surface area contributed by atoms with Crippen molar-refractivity contribution in [3.05, 3.63) is 101 Å². The number of aryl methyl sites for hydroxylation is 1. The predicted molar refractivity (Wildman–Crippen MR) is 138 cm³/mol. The Hall–Kier alpha value is -2.62. The number of methoxy groups -OCH3 is 1. The first-order valence-electron chi connectivity index (χ1n) is 12.4. The molecule has 174 valence electrons. The van der Waals surface area contributed by atoms with Crippen LogP contribution in [-0.4, -0.2) is 37.2 Å². The number of likely N-dealkylation sites (tertiary alicyclic amines) is 1. The van der Waals surface area contributed by atoms with Gasteiger partial charge in [-0.15, -0.1) is 0 Å². The molecule has 0 radical (unpaired) electrons. The molecule has 33 heavy (non-hydrogen) atoms. The van der Waals surface area contributed by atoms with Crippen LogP contribution < -0.4 is 10.1 Å². The summed E-state index contributed by atoms with van der Waals surface area (Å²) in [6.45, 7) is 7.57. The lowest BCUT2D eigenvalue weighted by molar-refractivity contribution is 0.0983. The summed E-state index contributed by atoms with van der Waals surface area (Å²) in [4.78, 5) is 2.74. The maximum Gasteiger partial charge on any atom is 0.123 e. The van der Waals surface area contributed by atoms with Crippen LogP contribution in [0.5, 0.6) is 5.75 Å². The van der Waals surface area contributed by atoms with Crippen molar-refractivity contribution in [1.29, 1.82) is 0 Å². The van der Waals surface area contributed by atoms with E-state index in [9.17, 15) is 0 Å². The minimum absolute atomic E-state index is 0.330. The Morgan fingerprint density at radius 1 is 0.970 bits per heavy atom. The molecule has 1 fully saturated rings. The first-order chi connectivity index (χ1) is 16.2. The Kier molecular flexibility index (Phi) is 8.20. The number of piperidine rings is 1. The highest BCUT2D eigenvalue weighted by molar-refractivity contribution is 5.38. The molecule has 0 amide bonds. The largest absolute Gasteiger partial charge is 0.496 e. The lowest BCUT2D eigenvalue weighted by Gasteiger charge is -2.46. The first kappa shape index (κ1) is 23.5. The zero-order valence-corrected chi connectivity index (χ0v) is 20.3. The second kappa shape index (κ2) is 11.5. The van der Waals surface area contributed by atoms with Gasteiger partial charge in [-0.2, -0.15) is 0 Å². The SMILES string of the molecule is CCCN1CCC[C@H](NCc2cc(C)ccc2OC)[C@@H]1C(c1ccccc1)c1ccccc1. The summed E-state index contributed by atoms with van der Waals surface area (Å²) in [5.74, 6) is 1.30. The summed E-state index contributed by atoms with van der Waals surface area (Å²) in [6, 6.07) is 29.4. The van der Waals surface area contributed by atoms with Gasteiger partial charge in [0.1, 0.15) is 5.75 Å². The van der Waals surface area contributed by atoms with Gasteiger partial charge in [0, 0.05) is 30.1 Å². The number of hydrogen-bond donors (Lipinski definition) is 1. The molecule has 1 aliphatic rings. The highest BCUT2D eigenvalue weighted by atomic mass is 16.5. The molecule has 1 aliphatic heterocycles. The molecule has 3 aromatic rings. The molecule has 1 heterocycles. The van der Waals surface area contributed by atoms with Crippen molar-refractivity contribution >= 4 is 0 Å². The molecule has 0 spiro atoms. The molecule has 2 atom stereocenters. The molecule has 4 rings (SSSR count). The van der Waals surface area contributed by atoms with Crippen LogP contribution in [0, 0.1) is 6.92 Å². The summed E-state index contributed by atoms with van der Waals surface area (Å²) >= 11 is 0. The quantitative estimate of drug-likeness (QED) is 0.429. The maximum absolute atomic E-state index is 5.66. The van der Waals surface area contributed by atoms with Crippen LogP contribution in [0.25, 0.3) is 0 Å². The van der Waals surface area contributed by atoms with Crippen molar-refractivity contribution in [3.8, 4) is 5.75 Å². The number of nitrogens with zero attached hydrogens (tertiary/aromatic N) is 1. The van der Waals surface area contributed by atoms with Crippen LogP contribution in [0.1, 0.15) is 54.4 Å². The van der Waals surface area contributed by atoms with Gasteiger partial charge < -0.3 is 10.1 Å². The molecule has 3 aromatic carbocycles. The number of hydrogen-bond acceptors (Lipinski definition) is 3. The molecule has 3 heteroatoms. The van der Waals surface area contributed by atoms with Gasteiger partial charge in [-0.1, -0.05) is 85.3 Å². The summed E-state index contributed by atoms with van der Waals surface area (Å²) in [5.41, 5.74) is 5.31.